The third kappa shape index (κ3) is 14.2. The van der Waals surface area contributed by atoms with Gasteiger partial charge in [-0.1, -0.05) is 82.9 Å². The molecule has 3 aromatic carbocycles. The number of carbonyl (C=O) groups is 4. The van der Waals surface area contributed by atoms with Crippen LogP contribution in [0, 0.1) is 12.3 Å². The molecule has 5 aromatic rings. The second-order valence-corrected chi connectivity index (χ2v) is 22.6. The minimum absolute atomic E-state index is 0.0186. The number of aromatic hydroxyl groups is 1. The van der Waals surface area contributed by atoms with Crippen LogP contribution in [-0.4, -0.2) is 129 Å². The van der Waals surface area contributed by atoms with Gasteiger partial charge in [-0.3, -0.25) is 19.2 Å². The summed E-state index contributed by atoms with van der Waals surface area (Å²) < 4.78 is 6.38. The molecule has 2 aromatic heterocycles. The number of piperazine rings is 1. The van der Waals surface area contributed by atoms with Gasteiger partial charge in [0.1, 0.15) is 29.6 Å². The van der Waals surface area contributed by atoms with E-state index in [2.05, 4.69) is 59.9 Å². The van der Waals surface area contributed by atoms with Crippen LogP contribution in [0.4, 0.5) is 17.2 Å². The molecule has 3 saturated heterocycles. The van der Waals surface area contributed by atoms with Crippen molar-refractivity contribution in [1.29, 1.82) is 0 Å². The molecule has 0 saturated carbocycles. The van der Waals surface area contributed by atoms with Crippen molar-refractivity contribution < 1.29 is 34.1 Å². The Labute approximate surface area is 451 Å². The summed E-state index contributed by atoms with van der Waals surface area (Å²) in [5.41, 5.74) is 13.6. The van der Waals surface area contributed by atoms with Gasteiger partial charge in [0.2, 0.25) is 23.6 Å². The highest BCUT2D eigenvalue weighted by Gasteiger charge is 2.44. The number of para-hydroxylation sites is 1. The fourth-order valence-electron chi connectivity index (χ4n) is 10.5. The van der Waals surface area contributed by atoms with Crippen molar-refractivity contribution in [2.45, 2.75) is 136 Å². The molecule has 76 heavy (non-hydrogen) atoms. The fourth-order valence-corrected chi connectivity index (χ4v) is 11.3. The highest BCUT2D eigenvalue weighted by atomic mass is 32.1. The smallest absolute Gasteiger partial charge is 0.246 e. The second-order valence-electron chi connectivity index (χ2n) is 21.7. The first-order chi connectivity index (χ1) is 36.5. The maximum atomic E-state index is 14.1. The van der Waals surface area contributed by atoms with E-state index in [1.165, 1.54) is 4.90 Å². The van der Waals surface area contributed by atoms with Gasteiger partial charge < -0.3 is 50.9 Å². The predicted molar refractivity (Wildman–Crippen MR) is 298 cm³/mol. The topological polar surface area (TPSA) is 220 Å². The lowest BCUT2D eigenvalue weighted by Gasteiger charge is -2.37. The summed E-state index contributed by atoms with van der Waals surface area (Å²) >= 11 is 1.58. The number of rotatable bonds is 20. The summed E-state index contributed by atoms with van der Waals surface area (Å²) in [6.07, 6.45) is 7.07. The molecule has 6 N–H and O–H groups in total. The van der Waals surface area contributed by atoms with Gasteiger partial charge in [0.25, 0.3) is 0 Å². The lowest BCUT2D eigenvalue weighted by molar-refractivity contribution is -0.144. The van der Waals surface area contributed by atoms with Crippen molar-refractivity contribution in [3.63, 3.8) is 0 Å². The predicted octanol–water partition coefficient (Wildman–Crippen LogP) is 8.05. The monoisotopic (exact) mass is 1060 g/mol. The Kier molecular flexibility index (Phi) is 18.5. The van der Waals surface area contributed by atoms with Crippen molar-refractivity contribution in [1.82, 2.24) is 35.6 Å². The number of hydrogen-bond acceptors (Lipinski definition) is 14. The Morgan fingerprint density at radius 3 is 2.17 bits per heavy atom. The molecule has 0 radical (unpaired) electrons. The largest absolute Gasteiger partial charge is 0.507 e. The molecule has 3 fully saturated rings. The summed E-state index contributed by atoms with van der Waals surface area (Å²) in [6, 6.07) is 23.3. The van der Waals surface area contributed by atoms with Gasteiger partial charge >= 0.3 is 0 Å². The number of ether oxygens (including phenoxy) is 1. The number of aryl methyl sites for hydroxylation is 1. The lowest BCUT2D eigenvalue weighted by Crippen LogP contribution is -2.57. The molecule has 0 bridgehead atoms. The van der Waals surface area contributed by atoms with E-state index >= 15 is 0 Å². The lowest BCUT2D eigenvalue weighted by atomic mass is 9.85. The zero-order valence-corrected chi connectivity index (χ0v) is 45.6. The number of amides is 4. The first kappa shape index (κ1) is 55.4. The van der Waals surface area contributed by atoms with E-state index in [4.69, 9.17) is 10.5 Å². The molecular weight excluding hydrogens is 981 g/mol. The number of nitrogens with two attached hydrogens (primary N) is 1. The molecule has 0 aliphatic carbocycles. The molecule has 5 heterocycles. The number of likely N-dealkylation sites (tertiary alicyclic amines) is 1. The Morgan fingerprint density at radius 2 is 1.50 bits per heavy atom. The van der Waals surface area contributed by atoms with Gasteiger partial charge in [-0.2, -0.15) is 0 Å². The number of thiazole rings is 1. The van der Waals surface area contributed by atoms with Gasteiger partial charge in [-0.15, -0.1) is 21.5 Å². The van der Waals surface area contributed by atoms with Crippen molar-refractivity contribution in [2.24, 2.45) is 5.41 Å². The number of hydrogen-bond donors (Lipinski definition) is 5. The van der Waals surface area contributed by atoms with E-state index in [-0.39, 0.29) is 66.7 Å². The first-order valence-corrected chi connectivity index (χ1v) is 27.9. The molecule has 8 rings (SSSR count). The molecule has 0 spiro atoms. The van der Waals surface area contributed by atoms with E-state index in [0.29, 0.717) is 49.5 Å². The number of nitrogens with one attached hydrogen (secondary N) is 2. The molecular formula is C58H76N10O7S. The van der Waals surface area contributed by atoms with Crippen LogP contribution in [0.2, 0.25) is 0 Å². The number of benzene rings is 3. The Balaban J connectivity index is 0.701. The van der Waals surface area contributed by atoms with Crippen molar-refractivity contribution in [3.05, 3.63) is 95.6 Å². The number of β-amino-alcohol motifs (C(OH)–C–C–N with tert-alkyl or cyclic N) is 1. The summed E-state index contributed by atoms with van der Waals surface area (Å²) in [5, 5.41) is 35.3. The van der Waals surface area contributed by atoms with E-state index < -0.39 is 23.6 Å². The van der Waals surface area contributed by atoms with E-state index in [1.807, 2.05) is 75.4 Å². The number of aliphatic hydroxyl groups is 1. The SMILES string of the molecule is Cc1ncsc1-c1ccc(C(C)NC(=O)C2CC(O)CN2C(=O)C(NC(=O)CCCCCCCCC(=O)N2CCN(c3ccc(N4CCCC(Oc5cc(-c6ccccc6O)nnc5N)C4)cc3)CC2)C(C)(C)C)cc1. The minimum Gasteiger partial charge on any atom is -0.507 e. The van der Waals surface area contributed by atoms with E-state index in [0.717, 1.165) is 97.7 Å². The summed E-state index contributed by atoms with van der Waals surface area (Å²) in [7, 11) is 0. The van der Waals surface area contributed by atoms with E-state index in [1.54, 1.807) is 35.6 Å². The molecule has 17 nitrogen and oxygen atoms in total. The molecule has 406 valence electrons. The first-order valence-electron chi connectivity index (χ1n) is 27.1. The molecule has 3 aliphatic heterocycles. The quantitative estimate of drug-likeness (QED) is 0.0467. The normalized spacial score (nSPS) is 18.8. The van der Waals surface area contributed by atoms with Crippen LogP contribution in [-0.2, 0) is 19.2 Å². The zero-order chi connectivity index (χ0) is 53.9. The number of unbranched alkanes of at least 4 members (excludes halogenated alkanes) is 5. The number of aromatic nitrogens is 3. The number of carbonyl (C=O) groups excluding carboxylic acids is 4. The van der Waals surface area contributed by atoms with Gasteiger partial charge in [0, 0.05) is 81.5 Å². The average Bonchev–Trinajstić information content (AvgIpc) is 4.06. The van der Waals surface area contributed by atoms with Crippen molar-refractivity contribution in [3.8, 4) is 33.2 Å². The van der Waals surface area contributed by atoms with Gasteiger partial charge in [-0.05, 0) is 92.5 Å². The fraction of sp³-hybridized carbons (Fsp3) is 0.500. The number of nitrogen functional groups attached to an aromatic ring is 1. The molecule has 5 atom stereocenters. The molecule has 18 heteroatoms. The summed E-state index contributed by atoms with van der Waals surface area (Å²) in [5.74, 6) is 0.0532. The van der Waals surface area contributed by atoms with Gasteiger partial charge in [0.15, 0.2) is 11.6 Å². The van der Waals surface area contributed by atoms with Crippen LogP contribution >= 0.6 is 11.3 Å². The zero-order valence-electron chi connectivity index (χ0n) is 44.7. The number of aliphatic hydroxyl groups excluding tert-OH is 1. The highest BCUT2D eigenvalue weighted by molar-refractivity contribution is 7.13. The van der Waals surface area contributed by atoms with Crippen molar-refractivity contribution in [2.75, 3.05) is 61.3 Å². The Morgan fingerprint density at radius 1 is 0.829 bits per heavy atom. The van der Waals surface area contributed by atoms with Crippen LogP contribution in [0.25, 0.3) is 21.7 Å². The molecule has 5 unspecified atom stereocenters. The minimum atomic E-state index is -0.873. The number of phenols is 1. The van der Waals surface area contributed by atoms with Crippen LogP contribution in [0.15, 0.2) is 84.4 Å². The van der Waals surface area contributed by atoms with Crippen LogP contribution in [0.1, 0.15) is 116 Å². The van der Waals surface area contributed by atoms with Crippen LogP contribution in [0.3, 0.4) is 0 Å². The molecule has 3 aliphatic rings. The number of piperidine rings is 1. The maximum absolute atomic E-state index is 14.1. The maximum Gasteiger partial charge on any atom is 0.246 e. The second kappa shape index (κ2) is 25.4. The van der Waals surface area contributed by atoms with Crippen LogP contribution < -0.4 is 30.9 Å². The molecule has 4 amide bonds. The highest BCUT2D eigenvalue weighted by Crippen LogP contribution is 2.34. The van der Waals surface area contributed by atoms with Gasteiger partial charge in [0.05, 0.1) is 34.8 Å². The number of anilines is 3. The summed E-state index contributed by atoms with van der Waals surface area (Å²) in [4.78, 5) is 67.8. The number of nitrogens with zero attached hydrogens (tertiary/aromatic N) is 7. The standard InChI is InChI=1S/C58H76N10O7S/c1-38(40-20-22-41(23-21-40)53-39(2)60-37-76-53)61-56(73)48-33-44(69)35-68(48)57(74)54(58(3,4)5)62-51(71)18-10-8-6-7-9-11-19-52(72)66-31-29-65(30-32-66)42-24-26-43(27-25-42)67-28-14-15-45(36-67)75-50-34-47(63-64-55(50)59)46-16-12-13-17-49(46)70/h12-13,16-17,20-27,34,37-38,44-45,48,54,69-70H,6-11,14-15,18-19,28-33,35-36H2,1-5H3,(H2,59,64)(H,61,73)(H,62,71). The number of phenolic OH excluding ortho intramolecular Hbond substituents is 1. The Bertz CT molecular complexity index is 2760. The van der Waals surface area contributed by atoms with Crippen molar-refractivity contribution >= 4 is 52.2 Å². The van der Waals surface area contributed by atoms with Gasteiger partial charge in [-0.25, -0.2) is 4.98 Å². The van der Waals surface area contributed by atoms with E-state index in [9.17, 15) is 29.4 Å². The summed E-state index contributed by atoms with van der Waals surface area (Å²) in [6.45, 7) is 14.1. The third-order valence-electron chi connectivity index (χ3n) is 15.0. The average molecular weight is 1060 g/mol. The van der Waals surface area contributed by atoms with Crippen LogP contribution in [0.5, 0.6) is 11.5 Å². The Hall–Kier alpha value is -6.79. The third-order valence-corrected chi connectivity index (χ3v) is 15.9.